The summed E-state index contributed by atoms with van der Waals surface area (Å²) in [4.78, 5) is 15.6. The Hall–Kier alpha value is -3.70. The lowest BCUT2D eigenvalue weighted by atomic mass is 9.81. The van der Waals surface area contributed by atoms with Gasteiger partial charge in [0.2, 0.25) is 0 Å². The van der Waals surface area contributed by atoms with E-state index in [-0.39, 0.29) is 31.1 Å². The molecular weight excluding hydrogens is 524 g/mol. The zero-order valence-electron chi connectivity index (χ0n) is 23.7. The molecule has 0 spiro atoms. The Kier molecular flexibility index (Phi) is 8.06. The molecule has 11 nitrogen and oxygen atoms in total. The molecule has 6 rings (SSSR count). The van der Waals surface area contributed by atoms with Crippen LogP contribution in [0.15, 0.2) is 42.7 Å². The Morgan fingerprint density at radius 1 is 1.07 bits per heavy atom. The first kappa shape index (κ1) is 27.5. The Morgan fingerprint density at radius 3 is 2.59 bits per heavy atom. The fourth-order valence-corrected chi connectivity index (χ4v) is 6.56. The highest BCUT2D eigenvalue weighted by Gasteiger charge is 2.42. The third-order valence-electron chi connectivity index (χ3n) is 8.71. The predicted octanol–water partition coefficient (Wildman–Crippen LogP) is 5.19. The summed E-state index contributed by atoms with van der Waals surface area (Å²) in [5, 5.41) is 23.4. The van der Waals surface area contributed by atoms with E-state index in [9.17, 15) is 9.90 Å². The highest BCUT2D eigenvalue weighted by molar-refractivity contribution is 5.74. The number of carboxylic acid groups (broad SMARTS) is 1. The van der Waals surface area contributed by atoms with E-state index in [1.807, 2.05) is 54.5 Å². The molecule has 3 aromatic rings. The van der Waals surface area contributed by atoms with E-state index in [1.165, 1.54) is 0 Å². The van der Waals surface area contributed by atoms with Crippen LogP contribution in [0.3, 0.4) is 0 Å². The minimum Gasteiger partial charge on any atom is -0.467 e. The summed E-state index contributed by atoms with van der Waals surface area (Å²) in [5.41, 5.74) is 3.47. The SMILES string of the molecule is COCOc1cc(-c2cnn(C3CCCCO3)c2)ccc1-c1ccc(N(C)[C@H]2C[C@H]3CCC[C@@H](C2)N3C(=O)O)nn1. The summed E-state index contributed by atoms with van der Waals surface area (Å²) in [6.45, 7) is 0.876. The molecule has 2 aromatic heterocycles. The van der Waals surface area contributed by atoms with Crippen LogP contribution in [0.1, 0.15) is 57.6 Å². The number of ether oxygens (including phenoxy) is 3. The molecule has 218 valence electrons. The van der Waals surface area contributed by atoms with Crippen molar-refractivity contribution < 1.29 is 24.1 Å². The van der Waals surface area contributed by atoms with E-state index in [1.54, 1.807) is 12.0 Å². The van der Waals surface area contributed by atoms with E-state index < -0.39 is 6.09 Å². The Bertz CT molecular complexity index is 1330. The molecule has 0 aliphatic carbocycles. The van der Waals surface area contributed by atoms with Crippen LogP contribution in [0.25, 0.3) is 22.4 Å². The monoisotopic (exact) mass is 562 g/mol. The normalized spacial score (nSPS) is 24.2. The third-order valence-corrected chi connectivity index (χ3v) is 8.71. The van der Waals surface area contributed by atoms with Crippen molar-refractivity contribution in [1.82, 2.24) is 24.9 Å². The number of hydrogen-bond donors (Lipinski definition) is 1. The van der Waals surface area contributed by atoms with Crippen LogP contribution in [-0.2, 0) is 9.47 Å². The molecule has 1 amide bonds. The number of methoxy groups -OCH3 is 1. The smallest absolute Gasteiger partial charge is 0.407 e. The third kappa shape index (κ3) is 5.73. The highest BCUT2D eigenvalue weighted by atomic mass is 16.7. The fraction of sp³-hybridized carbons (Fsp3) is 0.533. The van der Waals surface area contributed by atoms with Crippen LogP contribution < -0.4 is 9.64 Å². The van der Waals surface area contributed by atoms with Crippen molar-refractivity contribution in [1.29, 1.82) is 0 Å². The predicted molar refractivity (Wildman–Crippen MR) is 153 cm³/mol. The zero-order valence-corrected chi connectivity index (χ0v) is 23.7. The first-order chi connectivity index (χ1) is 20.0. The van der Waals surface area contributed by atoms with Gasteiger partial charge in [-0.15, -0.1) is 10.2 Å². The van der Waals surface area contributed by atoms with Gasteiger partial charge in [0.05, 0.1) is 11.9 Å². The first-order valence-corrected chi connectivity index (χ1v) is 14.5. The van der Waals surface area contributed by atoms with Gasteiger partial charge in [0.1, 0.15) is 12.0 Å². The van der Waals surface area contributed by atoms with E-state index in [0.29, 0.717) is 11.4 Å². The fourth-order valence-electron chi connectivity index (χ4n) is 6.56. The van der Waals surface area contributed by atoms with Crippen LogP contribution in [-0.4, -0.2) is 81.8 Å². The molecule has 4 atom stereocenters. The van der Waals surface area contributed by atoms with Gasteiger partial charge in [-0.3, -0.25) is 0 Å². The average Bonchev–Trinajstić information content (AvgIpc) is 3.50. The average molecular weight is 563 g/mol. The van der Waals surface area contributed by atoms with Gasteiger partial charge >= 0.3 is 6.09 Å². The number of anilines is 1. The summed E-state index contributed by atoms with van der Waals surface area (Å²) in [6.07, 6.45) is 10.8. The number of nitrogens with zero attached hydrogens (tertiary/aromatic N) is 6. The largest absolute Gasteiger partial charge is 0.467 e. The second kappa shape index (κ2) is 12.0. The van der Waals surface area contributed by atoms with Crippen molar-refractivity contribution >= 4 is 11.9 Å². The number of aromatic nitrogens is 4. The summed E-state index contributed by atoms with van der Waals surface area (Å²) in [6, 6.07) is 10.3. The number of piperidine rings is 2. The number of rotatable bonds is 8. The summed E-state index contributed by atoms with van der Waals surface area (Å²) in [7, 11) is 3.62. The quantitative estimate of drug-likeness (QED) is 0.370. The molecule has 5 heterocycles. The van der Waals surface area contributed by atoms with Crippen LogP contribution in [0.5, 0.6) is 5.75 Å². The van der Waals surface area contributed by atoms with Gasteiger partial charge in [-0.2, -0.15) is 5.10 Å². The molecule has 3 fully saturated rings. The molecule has 1 unspecified atom stereocenters. The number of carbonyl (C=O) groups is 1. The maximum atomic E-state index is 11.8. The van der Waals surface area contributed by atoms with E-state index in [0.717, 1.165) is 80.5 Å². The molecule has 11 heteroatoms. The van der Waals surface area contributed by atoms with Crippen LogP contribution in [0.4, 0.5) is 10.6 Å². The van der Waals surface area contributed by atoms with Crippen LogP contribution in [0.2, 0.25) is 0 Å². The minimum atomic E-state index is -0.797. The van der Waals surface area contributed by atoms with E-state index in [2.05, 4.69) is 20.2 Å². The van der Waals surface area contributed by atoms with Crippen molar-refractivity contribution in [2.75, 3.05) is 32.5 Å². The molecule has 41 heavy (non-hydrogen) atoms. The molecule has 1 N–H and O–H groups in total. The maximum Gasteiger partial charge on any atom is 0.407 e. The number of amides is 1. The van der Waals surface area contributed by atoms with Gasteiger partial charge < -0.3 is 29.1 Å². The van der Waals surface area contributed by atoms with Gasteiger partial charge in [-0.25, -0.2) is 9.48 Å². The van der Waals surface area contributed by atoms with Crippen LogP contribution >= 0.6 is 0 Å². The summed E-state index contributed by atoms with van der Waals surface area (Å²) >= 11 is 0. The van der Waals surface area contributed by atoms with E-state index in [4.69, 9.17) is 14.2 Å². The molecule has 3 aliphatic rings. The van der Waals surface area contributed by atoms with Crippen LogP contribution in [0, 0.1) is 0 Å². The van der Waals surface area contributed by atoms with Crippen molar-refractivity contribution in [3.63, 3.8) is 0 Å². The molecule has 0 saturated carbocycles. The van der Waals surface area contributed by atoms with Crippen molar-refractivity contribution in [3.8, 4) is 28.1 Å². The second-order valence-electron chi connectivity index (χ2n) is 11.2. The van der Waals surface area contributed by atoms with Gasteiger partial charge in [0.15, 0.2) is 12.6 Å². The van der Waals surface area contributed by atoms with Gasteiger partial charge in [0.25, 0.3) is 0 Å². The molecule has 3 aliphatic heterocycles. The Morgan fingerprint density at radius 2 is 1.90 bits per heavy atom. The standard InChI is InChI=1S/C30H38N6O5/c1-34(24-15-22-6-5-7-23(16-24)36(22)30(37)38)28-12-11-26(32-33-28)25-10-9-20(14-27(25)41-19-39-2)21-17-31-35(18-21)29-8-3-4-13-40-29/h9-12,14,17-18,22-24,29H,3-8,13,15-16,19H2,1-2H3,(H,37,38)/t22-,23+,24+,29?. The minimum absolute atomic E-state index is 0.0165. The number of benzene rings is 1. The van der Waals surface area contributed by atoms with Crippen molar-refractivity contribution in [2.45, 2.75) is 75.7 Å². The molecule has 1 aromatic carbocycles. The topological polar surface area (TPSA) is 115 Å². The maximum absolute atomic E-state index is 11.8. The molecular formula is C30H38N6O5. The lowest BCUT2D eigenvalue weighted by molar-refractivity contribution is -0.0394. The second-order valence-corrected chi connectivity index (χ2v) is 11.2. The number of hydrogen-bond acceptors (Lipinski definition) is 8. The number of fused-ring (bicyclic) bond motifs is 2. The lowest BCUT2D eigenvalue weighted by Crippen LogP contribution is -2.58. The van der Waals surface area contributed by atoms with Crippen molar-refractivity contribution in [3.05, 3.63) is 42.7 Å². The highest BCUT2D eigenvalue weighted by Crippen LogP contribution is 2.38. The van der Waals surface area contributed by atoms with Gasteiger partial charge in [-0.1, -0.05) is 6.07 Å². The van der Waals surface area contributed by atoms with Gasteiger partial charge in [0, 0.05) is 56.2 Å². The van der Waals surface area contributed by atoms with Gasteiger partial charge in [-0.05, 0) is 81.2 Å². The Labute approximate surface area is 240 Å². The Balaban J connectivity index is 1.20. The van der Waals surface area contributed by atoms with E-state index >= 15 is 0 Å². The molecule has 2 bridgehead atoms. The van der Waals surface area contributed by atoms with Crippen molar-refractivity contribution in [2.24, 2.45) is 0 Å². The molecule has 3 saturated heterocycles. The zero-order chi connectivity index (χ0) is 28.3. The first-order valence-electron chi connectivity index (χ1n) is 14.5. The summed E-state index contributed by atoms with van der Waals surface area (Å²) < 4.78 is 18.9. The lowest BCUT2D eigenvalue weighted by Gasteiger charge is -2.49. The molecule has 0 radical (unpaired) electrons. The summed E-state index contributed by atoms with van der Waals surface area (Å²) in [5.74, 6) is 1.42.